The molecule has 0 heterocycles. The van der Waals surface area contributed by atoms with E-state index in [-0.39, 0.29) is 16.4 Å². The van der Waals surface area contributed by atoms with Crippen LogP contribution in [0.4, 0.5) is 10.1 Å². The molecule has 2 nitrogen and oxygen atoms in total. The van der Waals surface area contributed by atoms with Gasteiger partial charge >= 0.3 is 0 Å². The molecule has 1 rings (SSSR count). The topological polar surface area (TPSA) is 29.1 Å². The first-order valence-electron chi connectivity index (χ1n) is 4.44. The fraction of sp³-hybridized carbons (Fsp3) is 0.300. The monoisotopic (exact) mass is 293 g/mol. The van der Waals surface area contributed by atoms with Crippen molar-refractivity contribution >= 4 is 39.1 Å². The number of rotatable bonds is 3. The van der Waals surface area contributed by atoms with Crippen LogP contribution in [0.1, 0.15) is 13.3 Å². The second kappa shape index (κ2) is 5.47. The van der Waals surface area contributed by atoms with Crippen molar-refractivity contribution in [2.24, 2.45) is 0 Å². The average Bonchev–Trinajstić information content (AvgIpc) is 2.22. The van der Waals surface area contributed by atoms with Gasteiger partial charge in [0.2, 0.25) is 5.91 Å². The summed E-state index contributed by atoms with van der Waals surface area (Å²) in [6, 6.07) is 4.02. The van der Waals surface area contributed by atoms with Crippen molar-refractivity contribution in [1.29, 1.82) is 0 Å². The number of carbonyl (C=O) groups excluding carboxylic acids is 1. The largest absolute Gasteiger partial charge is 0.323 e. The Morgan fingerprint density at radius 2 is 2.33 bits per heavy atom. The Kier molecular flexibility index (Phi) is 4.54. The summed E-state index contributed by atoms with van der Waals surface area (Å²) < 4.78 is 13.2. The van der Waals surface area contributed by atoms with Gasteiger partial charge in [-0.15, -0.1) is 0 Å². The summed E-state index contributed by atoms with van der Waals surface area (Å²) in [5.41, 5.74) is 0.102. The first-order valence-corrected chi connectivity index (χ1v) is 5.74. The lowest BCUT2D eigenvalue weighted by molar-refractivity contribution is -0.115. The van der Waals surface area contributed by atoms with Gasteiger partial charge in [0.1, 0.15) is 5.82 Å². The molecule has 0 aliphatic heterocycles. The molecule has 0 fully saturated rings. The van der Waals surface area contributed by atoms with Crippen molar-refractivity contribution in [2.45, 2.75) is 18.2 Å². The highest BCUT2D eigenvalue weighted by molar-refractivity contribution is 9.10. The van der Waals surface area contributed by atoms with Crippen molar-refractivity contribution < 1.29 is 9.18 Å². The highest BCUT2D eigenvalue weighted by Gasteiger charge is 2.14. The van der Waals surface area contributed by atoms with E-state index >= 15 is 0 Å². The Labute approximate surface area is 101 Å². The van der Waals surface area contributed by atoms with Crippen molar-refractivity contribution in [2.75, 3.05) is 5.32 Å². The van der Waals surface area contributed by atoms with Crippen LogP contribution < -0.4 is 5.32 Å². The van der Waals surface area contributed by atoms with Gasteiger partial charge in [-0.3, -0.25) is 4.79 Å². The van der Waals surface area contributed by atoms with E-state index < -0.39 is 5.82 Å². The van der Waals surface area contributed by atoms with Crippen LogP contribution in [0.2, 0.25) is 5.02 Å². The first-order chi connectivity index (χ1) is 7.04. The molecule has 1 amide bonds. The lowest BCUT2D eigenvalue weighted by Gasteiger charge is -2.09. The molecule has 15 heavy (non-hydrogen) atoms. The zero-order chi connectivity index (χ0) is 11.4. The highest BCUT2D eigenvalue weighted by atomic mass is 79.9. The Morgan fingerprint density at radius 3 is 2.93 bits per heavy atom. The predicted molar refractivity (Wildman–Crippen MR) is 63.0 cm³/mol. The summed E-state index contributed by atoms with van der Waals surface area (Å²) in [7, 11) is 0. The number of alkyl halides is 1. The molecule has 1 N–H and O–H groups in total. The van der Waals surface area contributed by atoms with Gasteiger partial charge in [-0.05, 0) is 24.6 Å². The zero-order valence-corrected chi connectivity index (χ0v) is 10.4. The van der Waals surface area contributed by atoms with Crippen molar-refractivity contribution in [3.05, 3.63) is 29.0 Å². The maximum atomic E-state index is 13.2. The smallest absolute Gasteiger partial charge is 0.238 e. The van der Waals surface area contributed by atoms with Gasteiger partial charge in [0.05, 0.1) is 10.5 Å². The number of hydrogen-bond acceptors (Lipinski definition) is 1. The molecule has 1 aromatic rings. The van der Waals surface area contributed by atoms with Gasteiger partial charge in [-0.25, -0.2) is 4.39 Å². The molecule has 0 spiro atoms. The molecule has 5 heteroatoms. The van der Waals surface area contributed by atoms with E-state index in [2.05, 4.69) is 21.2 Å². The molecule has 1 unspecified atom stereocenters. The number of carbonyl (C=O) groups is 1. The van der Waals surface area contributed by atoms with Crippen LogP contribution in [0.3, 0.4) is 0 Å². The summed E-state index contributed by atoms with van der Waals surface area (Å²) in [5.74, 6) is -0.776. The van der Waals surface area contributed by atoms with Crippen molar-refractivity contribution in [3.8, 4) is 0 Å². The zero-order valence-electron chi connectivity index (χ0n) is 8.06. The normalized spacial score (nSPS) is 12.3. The summed E-state index contributed by atoms with van der Waals surface area (Å²) in [4.78, 5) is 11.1. The first kappa shape index (κ1) is 12.5. The van der Waals surface area contributed by atoms with E-state index in [0.717, 1.165) is 0 Å². The van der Waals surface area contributed by atoms with E-state index in [1.165, 1.54) is 18.2 Å². The number of halogens is 3. The van der Waals surface area contributed by atoms with E-state index in [1.807, 2.05) is 6.92 Å². The van der Waals surface area contributed by atoms with E-state index in [0.29, 0.717) is 11.4 Å². The maximum absolute atomic E-state index is 13.2. The summed E-state index contributed by atoms with van der Waals surface area (Å²) in [6.45, 7) is 1.85. The Bertz CT molecular complexity index is 372. The number of anilines is 1. The van der Waals surface area contributed by atoms with Crippen molar-refractivity contribution in [1.82, 2.24) is 0 Å². The fourth-order valence-electron chi connectivity index (χ4n) is 0.990. The van der Waals surface area contributed by atoms with Gasteiger partial charge in [0.15, 0.2) is 0 Å². The van der Waals surface area contributed by atoms with Crippen LogP contribution in [0.5, 0.6) is 0 Å². The standard InChI is InChI=1S/C10H10BrClFNO/c1-2-7(11)10(15)14-9-5-6(12)3-4-8(9)13/h3-5,7H,2H2,1H3,(H,14,15). The molecule has 0 saturated heterocycles. The molecule has 1 atom stereocenters. The summed E-state index contributed by atoms with van der Waals surface area (Å²) >= 11 is 8.86. The van der Waals surface area contributed by atoms with Crippen LogP contribution in [0.25, 0.3) is 0 Å². The van der Waals surface area contributed by atoms with Gasteiger partial charge in [0.25, 0.3) is 0 Å². The average molecular weight is 295 g/mol. The number of hydrogen-bond donors (Lipinski definition) is 1. The van der Waals surface area contributed by atoms with Crippen LogP contribution in [0.15, 0.2) is 18.2 Å². The molecule has 0 saturated carbocycles. The summed E-state index contributed by atoms with van der Waals surface area (Å²) in [5, 5.41) is 2.84. The SMILES string of the molecule is CCC(Br)C(=O)Nc1cc(Cl)ccc1F. The van der Waals surface area contributed by atoms with E-state index in [1.54, 1.807) is 0 Å². The Hall–Kier alpha value is -0.610. The number of nitrogens with one attached hydrogen (secondary N) is 1. The van der Waals surface area contributed by atoms with Crippen molar-refractivity contribution in [3.63, 3.8) is 0 Å². The molecule has 0 aliphatic rings. The van der Waals surface area contributed by atoms with E-state index in [9.17, 15) is 9.18 Å². The molecule has 1 aromatic carbocycles. The quantitative estimate of drug-likeness (QED) is 0.848. The minimum atomic E-state index is -0.497. The minimum Gasteiger partial charge on any atom is -0.323 e. The maximum Gasteiger partial charge on any atom is 0.238 e. The van der Waals surface area contributed by atoms with Crippen LogP contribution in [0, 0.1) is 5.82 Å². The van der Waals surface area contributed by atoms with E-state index in [4.69, 9.17) is 11.6 Å². The number of benzene rings is 1. The lowest BCUT2D eigenvalue weighted by Crippen LogP contribution is -2.22. The third kappa shape index (κ3) is 3.47. The van der Waals surface area contributed by atoms with Gasteiger partial charge in [-0.1, -0.05) is 34.5 Å². The molecule has 0 bridgehead atoms. The highest BCUT2D eigenvalue weighted by Crippen LogP contribution is 2.20. The molecular weight excluding hydrogens is 284 g/mol. The summed E-state index contributed by atoms with van der Waals surface area (Å²) in [6.07, 6.45) is 0.633. The molecular formula is C10H10BrClFNO. The fourth-order valence-corrected chi connectivity index (χ4v) is 1.28. The predicted octanol–water partition coefficient (Wildman–Crippen LogP) is 3.59. The third-order valence-corrected chi connectivity index (χ3v) is 3.13. The second-order valence-electron chi connectivity index (χ2n) is 2.99. The van der Waals surface area contributed by atoms with Crippen LogP contribution >= 0.6 is 27.5 Å². The van der Waals surface area contributed by atoms with Gasteiger partial charge in [-0.2, -0.15) is 0 Å². The second-order valence-corrected chi connectivity index (χ2v) is 4.53. The van der Waals surface area contributed by atoms with Gasteiger partial charge < -0.3 is 5.32 Å². The third-order valence-electron chi connectivity index (χ3n) is 1.83. The van der Waals surface area contributed by atoms with Crippen LogP contribution in [-0.4, -0.2) is 10.7 Å². The van der Waals surface area contributed by atoms with Crippen LogP contribution in [-0.2, 0) is 4.79 Å². The molecule has 82 valence electrons. The Balaban J connectivity index is 2.80. The molecule has 0 aliphatic carbocycles. The lowest BCUT2D eigenvalue weighted by atomic mass is 10.2. The minimum absolute atomic E-state index is 0.102. The molecule has 0 radical (unpaired) electrons. The number of amides is 1. The van der Waals surface area contributed by atoms with Gasteiger partial charge in [0, 0.05) is 5.02 Å². The molecule has 0 aromatic heterocycles. The Morgan fingerprint density at radius 1 is 1.67 bits per heavy atom.